The van der Waals surface area contributed by atoms with Crippen LogP contribution in [0.25, 0.3) is 0 Å². The van der Waals surface area contributed by atoms with Gasteiger partial charge < -0.3 is 4.90 Å². The Labute approximate surface area is 160 Å². The van der Waals surface area contributed by atoms with Crippen LogP contribution in [0.2, 0.25) is 10.0 Å². The van der Waals surface area contributed by atoms with Crippen LogP contribution in [0.15, 0.2) is 51.8 Å². The summed E-state index contributed by atoms with van der Waals surface area (Å²) in [5, 5.41) is 0.820. The Kier molecular flexibility index (Phi) is 6.70. The molecule has 2 aromatic carbocycles. The van der Waals surface area contributed by atoms with E-state index in [2.05, 4.69) is 20.7 Å². The average molecular weight is 452 g/mol. The maximum Gasteiger partial charge on any atom is 0.241 e. The van der Waals surface area contributed by atoms with Gasteiger partial charge in [0.15, 0.2) is 0 Å². The lowest BCUT2D eigenvalue weighted by molar-refractivity contribution is 0.363. The fraction of sp³-hybridized carbons (Fsp3) is 0.250. The van der Waals surface area contributed by atoms with E-state index < -0.39 is 16.1 Å². The molecule has 0 aromatic heterocycles. The molecule has 0 spiro atoms. The van der Waals surface area contributed by atoms with E-state index in [4.69, 9.17) is 23.2 Å². The number of hydrogen-bond acceptors (Lipinski definition) is 3. The molecule has 0 bridgehead atoms. The van der Waals surface area contributed by atoms with Gasteiger partial charge in [-0.05, 0) is 56.1 Å². The quantitative estimate of drug-likeness (QED) is 0.710. The number of hydrogen-bond donors (Lipinski definition) is 1. The summed E-state index contributed by atoms with van der Waals surface area (Å²) in [7, 11) is 0.0804. The topological polar surface area (TPSA) is 49.4 Å². The zero-order valence-electron chi connectivity index (χ0n) is 13.1. The van der Waals surface area contributed by atoms with Crippen LogP contribution in [0.5, 0.6) is 0 Å². The van der Waals surface area contributed by atoms with Crippen molar-refractivity contribution in [2.45, 2.75) is 10.9 Å². The molecule has 2 aromatic rings. The molecular weight excluding hydrogens is 435 g/mol. The summed E-state index contributed by atoms with van der Waals surface area (Å²) in [5.74, 6) is 0. The summed E-state index contributed by atoms with van der Waals surface area (Å²) < 4.78 is 28.9. The molecule has 24 heavy (non-hydrogen) atoms. The number of nitrogens with one attached hydrogen (secondary N) is 1. The van der Waals surface area contributed by atoms with Gasteiger partial charge in [0.1, 0.15) is 0 Å². The number of halogens is 3. The first-order valence-corrected chi connectivity index (χ1v) is 10.1. The van der Waals surface area contributed by atoms with Gasteiger partial charge in [0.25, 0.3) is 0 Å². The number of likely N-dealkylation sites (N-methyl/N-ethyl adjacent to an activating group) is 1. The first kappa shape index (κ1) is 19.7. The highest BCUT2D eigenvalue weighted by Crippen LogP contribution is 2.27. The highest BCUT2D eigenvalue weighted by molar-refractivity contribution is 9.10. The second-order valence-corrected chi connectivity index (χ2v) is 9.01. The Bertz CT molecular complexity index is 811. The van der Waals surface area contributed by atoms with Gasteiger partial charge in [0, 0.05) is 11.0 Å². The van der Waals surface area contributed by atoms with E-state index in [0.29, 0.717) is 16.6 Å². The van der Waals surface area contributed by atoms with E-state index in [1.165, 1.54) is 0 Å². The van der Waals surface area contributed by atoms with Crippen LogP contribution < -0.4 is 4.72 Å². The summed E-state index contributed by atoms with van der Waals surface area (Å²) in [6.07, 6.45) is 0. The SMILES string of the molecule is CN(C)CC(NS(=O)(=O)c1ccc(Br)cc1)c1ccc(Cl)c(Cl)c1. The predicted octanol–water partition coefficient (Wildman–Crippen LogP) is 4.34. The van der Waals surface area contributed by atoms with E-state index in [-0.39, 0.29) is 4.90 Å². The Morgan fingerprint density at radius 1 is 1.08 bits per heavy atom. The van der Waals surface area contributed by atoms with Gasteiger partial charge in [0.2, 0.25) is 10.0 Å². The molecule has 0 aliphatic rings. The largest absolute Gasteiger partial charge is 0.307 e. The van der Waals surface area contributed by atoms with Gasteiger partial charge in [-0.25, -0.2) is 13.1 Å². The lowest BCUT2D eigenvalue weighted by atomic mass is 10.1. The van der Waals surface area contributed by atoms with Crippen molar-refractivity contribution in [3.05, 3.63) is 62.5 Å². The van der Waals surface area contributed by atoms with Crippen molar-refractivity contribution < 1.29 is 8.42 Å². The van der Waals surface area contributed by atoms with Gasteiger partial charge >= 0.3 is 0 Å². The molecule has 0 aliphatic carbocycles. The van der Waals surface area contributed by atoms with Crippen LogP contribution in [-0.2, 0) is 10.0 Å². The van der Waals surface area contributed by atoms with Crippen molar-refractivity contribution in [2.24, 2.45) is 0 Å². The van der Waals surface area contributed by atoms with E-state index in [1.54, 1.807) is 42.5 Å². The van der Waals surface area contributed by atoms with E-state index in [1.807, 2.05) is 19.0 Å². The zero-order valence-corrected chi connectivity index (χ0v) is 17.0. The maximum atomic E-state index is 12.7. The van der Waals surface area contributed by atoms with Crippen LogP contribution in [0.1, 0.15) is 11.6 Å². The van der Waals surface area contributed by atoms with Gasteiger partial charge in [-0.3, -0.25) is 0 Å². The predicted molar refractivity (Wildman–Crippen MR) is 102 cm³/mol. The van der Waals surface area contributed by atoms with Gasteiger partial charge in [-0.2, -0.15) is 0 Å². The van der Waals surface area contributed by atoms with Crippen molar-refractivity contribution >= 4 is 49.2 Å². The van der Waals surface area contributed by atoms with Crippen molar-refractivity contribution in [3.8, 4) is 0 Å². The molecule has 4 nitrogen and oxygen atoms in total. The highest BCUT2D eigenvalue weighted by atomic mass is 79.9. The Morgan fingerprint density at radius 2 is 1.71 bits per heavy atom. The second-order valence-electron chi connectivity index (χ2n) is 5.56. The van der Waals surface area contributed by atoms with Crippen LogP contribution in [-0.4, -0.2) is 34.0 Å². The summed E-state index contributed by atoms with van der Waals surface area (Å²) in [4.78, 5) is 2.10. The Balaban J connectivity index is 2.34. The second kappa shape index (κ2) is 8.17. The minimum atomic E-state index is -3.67. The third-order valence-corrected chi connectivity index (χ3v) is 6.07. The van der Waals surface area contributed by atoms with Crippen LogP contribution in [0.3, 0.4) is 0 Å². The lowest BCUT2D eigenvalue weighted by Gasteiger charge is -2.23. The van der Waals surface area contributed by atoms with Crippen molar-refractivity contribution in [3.63, 3.8) is 0 Å². The molecule has 1 N–H and O–H groups in total. The van der Waals surface area contributed by atoms with Gasteiger partial charge in [-0.1, -0.05) is 45.2 Å². The minimum Gasteiger partial charge on any atom is -0.307 e. The van der Waals surface area contributed by atoms with Crippen molar-refractivity contribution in [1.29, 1.82) is 0 Å². The lowest BCUT2D eigenvalue weighted by Crippen LogP contribution is -2.35. The van der Waals surface area contributed by atoms with Crippen LogP contribution in [0, 0.1) is 0 Å². The smallest absolute Gasteiger partial charge is 0.241 e. The molecule has 0 heterocycles. The fourth-order valence-corrected chi connectivity index (χ4v) is 3.96. The van der Waals surface area contributed by atoms with E-state index in [0.717, 1.165) is 10.0 Å². The van der Waals surface area contributed by atoms with Crippen molar-refractivity contribution in [1.82, 2.24) is 9.62 Å². The average Bonchev–Trinajstić information content (AvgIpc) is 2.49. The number of sulfonamides is 1. The van der Waals surface area contributed by atoms with Crippen molar-refractivity contribution in [2.75, 3.05) is 20.6 Å². The number of nitrogens with zero attached hydrogens (tertiary/aromatic N) is 1. The third-order valence-electron chi connectivity index (χ3n) is 3.32. The monoisotopic (exact) mass is 450 g/mol. The molecule has 0 radical (unpaired) electrons. The first-order chi connectivity index (χ1) is 11.2. The van der Waals surface area contributed by atoms with E-state index >= 15 is 0 Å². The Morgan fingerprint density at radius 3 is 2.25 bits per heavy atom. The third kappa shape index (κ3) is 5.18. The molecule has 0 fully saturated rings. The zero-order chi connectivity index (χ0) is 17.9. The molecule has 1 unspecified atom stereocenters. The molecule has 0 saturated heterocycles. The standard InChI is InChI=1S/C16H17BrCl2N2O2S/c1-21(2)10-16(11-3-8-14(18)15(19)9-11)20-24(22,23)13-6-4-12(17)5-7-13/h3-9,16,20H,10H2,1-2H3. The summed E-state index contributed by atoms with van der Waals surface area (Å²) in [6, 6.07) is 11.1. The summed E-state index contributed by atoms with van der Waals surface area (Å²) in [5.41, 5.74) is 0.749. The summed E-state index contributed by atoms with van der Waals surface area (Å²) in [6.45, 7) is 0.480. The normalized spacial score (nSPS) is 13.2. The highest BCUT2D eigenvalue weighted by Gasteiger charge is 2.22. The number of rotatable bonds is 6. The molecule has 8 heteroatoms. The fourth-order valence-electron chi connectivity index (χ4n) is 2.17. The minimum absolute atomic E-state index is 0.203. The van der Waals surface area contributed by atoms with Gasteiger partial charge in [-0.15, -0.1) is 0 Å². The first-order valence-electron chi connectivity index (χ1n) is 7.06. The maximum absolute atomic E-state index is 12.7. The molecule has 0 aliphatic heterocycles. The molecule has 0 amide bonds. The van der Waals surface area contributed by atoms with Gasteiger partial charge in [0.05, 0.1) is 21.0 Å². The molecular formula is C16H17BrCl2N2O2S. The van der Waals surface area contributed by atoms with Crippen LogP contribution in [0.4, 0.5) is 0 Å². The summed E-state index contributed by atoms with van der Waals surface area (Å²) >= 11 is 15.3. The molecule has 0 saturated carbocycles. The molecule has 1 atom stereocenters. The molecule has 130 valence electrons. The number of benzene rings is 2. The molecule has 2 rings (SSSR count). The van der Waals surface area contributed by atoms with E-state index in [9.17, 15) is 8.42 Å². The Hall–Kier alpha value is -0.630. The van der Waals surface area contributed by atoms with Crippen LogP contribution >= 0.6 is 39.1 Å².